The number of nitrogens with zero attached hydrogens (tertiary/aromatic N) is 5. The van der Waals surface area contributed by atoms with Gasteiger partial charge in [-0.1, -0.05) is 6.92 Å². The Balaban J connectivity index is 1.72. The number of hydrogen-bond acceptors (Lipinski definition) is 6. The van der Waals surface area contributed by atoms with Crippen LogP contribution in [-0.4, -0.2) is 39.1 Å². The maximum Gasteiger partial charge on any atom is 0.283 e. The van der Waals surface area contributed by atoms with Crippen molar-refractivity contribution in [1.29, 1.82) is 0 Å². The molecule has 0 aliphatic carbocycles. The number of anilines is 2. The Morgan fingerprint density at radius 2 is 2.08 bits per heavy atom. The summed E-state index contributed by atoms with van der Waals surface area (Å²) in [6, 6.07) is 2.00. The molecule has 3 heterocycles. The smallest absolute Gasteiger partial charge is 0.283 e. The lowest BCUT2D eigenvalue weighted by Gasteiger charge is -2.34. The second-order valence-corrected chi connectivity index (χ2v) is 5.74. The van der Waals surface area contributed by atoms with Gasteiger partial charge in [0.05, 0.1) is 0 Å². The highest BCUT2D eigenvalue weighted by atomic mass is 19.3. The number of hydrogen-bond donors (Lipinski definition) is 1. The zero-order chi connectivity index (χ0) is 16.9. The molecule has 1 N–H and O–H groups in total. The standard InChI is InChI=1S/C16H20F2N6/c1-2-11-8-13(22-10-21-11)24-7-3-4-12(9-24)23-16-14(15(17)18)19-5-6-20-16/h5-6,8,10,12,15H,2-4,7,9H2,1H3,(H,20,23). The van der Waals surface area contributed by atoms with Crippen LogP contribution in [0.1, 0.15) is 37.6 Å². The molecule has 1 saturated heterocycles. The maximum absolute atomic E-state index is 13.0. The van der Waals surface area contributed by atoms with E-state index in [1.807, 2.05) is 13.0 Å². The van der Waals surface area contributed by atoms with E-state index in [1.54, 1.807) is 6.33 Å². The molecule has 1 atom stereocenters. The van der Waals surface area contributed by atoms with Gasteiger partial charge in [0.15, 0.2) is 5.82 Å². The summed E-state index contributed by atoms with van der Waals surface area (Å²) < 4.78 is 26.1. The van der Waals surface area contributed by atoms with Crippen molar-refractivity contribution in [1.82, 2.24) is 19.9 Å². The molecule has 8 heteroatoms. The second kappa shape index (κ2) is 7.46. The molecule has 1 fully saturated rings. The van der Waals surface area contributed by atoms with Crippen LogP contribution in [0.2, 0.25) is 0 Å². The lowest BCUT2D eigenvalue weighted by molar-refractivity contribution is 0.146. The van der Waals surface area contributed by atoms with E-state index in [9.17, 15) is 8.78 Å². The number of piperidine rings is 1. The van der Waals surface area contributed by atoms with Gasteiger partial charge >= 0.3 is 0 Å². The van der Waals surface area contributed by atoms with Crippen molar-refractivity contribution in [3.05, 3.63) is 36.2 Å². The van der Waals surface area contributed by atoms with E-state index < -0.39 is 6.43 Å². The highest BCUT2D eigenvalue weighted by molar-refractivity contribution is 5.44. The van der Waals surface area contributed by atoms with Crippen LogP contribution >= 0.6 is 0 Å². The van der Waals surface area contributed by atoms with Crippen LogP contribution in [0.4, 0.5) is 20.4 Å². The van der Waals surface area contributed by atoms with Gasteiger partial charge < -0.3 is 10.2 Å². The highest BCUT2D eigenvalue weighted by Crippen LogP contribution is 2.25. The highest BCUT2D eigenvalue weighted by Gasteiger charge is 2.24. The SMILES string of the molecule is CCc1cc(N2CCCC(Nc3nccnc3C(F)F)C2)ncn1. The summed E-state index contributed by atoms with van der Waals surface area (Å²) in [5.41, 5.74) is 0.689. The molecule has 0 spiro atoms. The number of halogens is 2. The molecule has 1 unspecified atom stereocenters. The molecule has 1 aliphatic heterocycles. The van der Waals surface area contributed by atoms with E-state index in [-0.39, 0.29) is 17.6 Å². The van der Waals surface area contributed by atoms with Gasteiger partial charge in [-0.05, 0) is 19.3 Å². The first-order valence-corrected chi connectivity index (χ1v) is 8.08. The third-order valence-corrected chi connectivity index (χ3v) is 4.09. The molecule has 0 saturated carbocycles. The van der Waals surface area contributed by atoms with Crippen LogP contribution in [0.25, 0.3) is 0 Å². The Kier molecular flexibility index (Phi) is 5.12. The molecular weight excluding hydrogens is 314 g/mol. The molecule has 0 amide bonds. The van der Waals surface area contributed by atoms with Crippen LogP contribution < -0.4 is 10.2 Å². The topological polar surface area (TPSA) is 66.8 Å². The van der Waals surface area contributed by atoms with Gasteiger partial charge in [-0.2, -0.15) is 0 Å². The zero-order valence-corrected chi connectivity index (χ0v) is 13.5. The van der Waals surface area contributed by atoms with Gasteiger partial charge in [0.25, 0.3) is 6.43 Å². The van der Waals surface area contributed by atoms with Crippen molar-refractivity contribution < 1.29 is 8.78 Å². The Morgan fingerprint density at radius 3 is 2.88 bits per heavy atom. The summed E-state index contributed by atoms with van der Waals surface area (Å²) >= 11 is 0. The van der Waals surface area contributed by atoms with Crippen LogP contribution in [0.15, 0.2) is 24.8 Å². The maximum atomic E-state index is 13.0. The molecule has 2 aromatic rings. The molecule has 24 heavy (non-hydrogen) atoms. The van der Waals surface area contributed by atoms with Crippen molar-refractivity contribution >= 4 is 11.6 Å². The minimum absolute atomic E-state index is 0.0213. The van der Waals surface area contributed by atoms with Crippen LogP contribution in [0.5, 0.6) is 0 Å². The summed E-state index contributed by atoms with van der Waals surface area (Å²) in [7, 11) is 0. The first-order chi connectivity index (χ1) is 11.7. The van der Waals surface area contributed by atoms with Gasteiger partial charge in [-0.3, -0.25) is 0 Å². The lowest BCUT2D eigenvalue weighted by atomic mass is 10.1. The fourth-order valence-electron chi connectivity index (χ4n) is 2.87. The van der Waals surface area contributed by atoms with Crippen LogP contribution in [-0.2, 0) is 6.42 Å². The summed E-state index contributed by atoms with van der Waals surface area (Å²) in [5.74, 6) is 1.04. The molecule has 0 radical (unpaired) electrons. The summed E-state index contributed by atoms with van der Waals surface area (Å²) in [5, 5.41) is 3.12. The van der Waals surface area contributed by atoms with Gasteiger partial charge in [0, 0.05) is 43.3 Å². The number of aryl methyl sites for hydroxylation is 1. The quantitative estimate of drug-likeness (QED) is 0.907. The van der Waals surface area contributed by atoms with Crippen LogP contribution in [0, 0.1) is 0 Å². The number of alkyl halides is 2. The molecule has 0 aromatic carbocycles. The molecule has 128 valence electrons. The van der Waals surface area contributed by atoms with Gasteiger partial charge in [-0.25, -0.2) is 28.7 Å². The zero-order valence-electron chi connectivity index (χ0n) is 13.5. The monoisotopic (exact) mass is 334 g/mol. The minimum atomic E-state index is -2.64. The number of rotatable bonds is 5. The van der Waals surface area contributed by atoms with Crippen molar-refractivity contribution in [2.24, 2.45) is 0 Å². The Bertz CT molecular complexity index is 681. The van der Waals surface area contributed by atoms with E-state index >= 15 is 0 Å². The Morgan fingerprint density at radius 1 is 1.25 bits per heavy atom. The largest absolute Gasteiger partial charge is 0.364 e. The third kappa shape index (κ3) is 3.74. The molecular formula is C16H20F2N6. The molecule has 1 aliphatic rings. The predicted octanol–water partition coefficient (Wildman–Crippen LogP) is 2.85. The third-order valence-electron chi connectivity index (χ3n) is 4.09. The summed E-state index contributed by atoms with van der Waals surface area (Å²) in [6.45, 7) is 3.62. The van der Waals surface area contributed by atoms with E-state index in [0.29, 0.717) is 6.54 Å². The predicted molar refractivity (Wildman–Crippen MR) is 87.3 cm³/mol. The van der Waals surface area contributed by atoms with Crippen molar-refractivity contribution in [2.45, 2.75) is 38.7 Å². The van der Waals surface area contributed by atoms with Crippen molar-refractivity contribution in [2.75, 3.05) is 23.3 Å². The molecule has 0 bridgehead atoms. The summed E-state index contributed by atoms with van der Waals surface area (Å²) in [6.07, 6.45) is 4.33. The lowest BCUT2D eigenvalue weighted by Crippen LogP contribution is -2.43. The van der Waals surface area contributed by atoms with Crippen LogP contribution in [0.3, 0.4) is 0 Å². The van der Waals surface area contributed by atoms with Crippen molar-refractivity contribution in [3.63, 3.8) is 0 Å². The molecule has 2 aromatic heterocycles. The number of nitrogens with one attached hydrogen (secondary N) is 1. The first-order valence-electron chi connectivity index (χ1n) is 8.08. The van der Waals surface area contributed by atoms with Gasteiger partial charge in [0.2, 0.25) is 0 Å². The Labute approximate surface area is 139 Å². The van der Waals surface area contributed by atoms with E-state index in [2.05, 4.69) is 30.2 Å². The molecule has 6 nitrogen and oxygen atoms in total. The fourth-order valence-corrected chi connectivity index (χ4v) is 2.87. The average Bonchev–Trinajstić information content (AvgIpc) is 2.62. The second-order valence-electron chi connectivity index (χ2n) is 5.74. The summed E-state index contributed by atoms with van der Waals surface area (Å²) in [4.78, 5) is 18.5. The van der Waals surface area contributed by atoms with Gasteiger partial charge in [-0.15, -0.1) is 0 Å². The number of aromatic nitrogens is 4. The normalized spacial score (nSPS) is 18.0. The molecule has 3 rings (SSSR count). The van der Waals surface area contributed by atoms with Gasteiger partial charge in [0.1, 0.15) is 17.8 Å². The first kappa shape index (κ1) is 16.5. The van der Waals surface area contributed by atoms with E-state index in [4.69, 9.17) is 0 Å². The fraction of sp³-hybridized carbons (Fsp3) is 0.500. The van der Waals surface area contributed by atoms with E-state index in [1.165, 1.54) is 12.4 Å². The Hall–Kier alpha value is -2.38. The van der Waals surface area contributed by atoms with E-state index in [0.717, 1.165) is 37.3 Å². The van der Waals surface area contributed by atoms with Crippen molar-refractivity contribution in [3.8, 4) is 0 Å². The average molecular weight is 334 g/mol. The minimum Gasteiger partial charge on any atom is -0.364 e.